The first-order chi connectivity index (χ1) is 8.43. The molecule has 1 aliphatic rings. The van der Waals surface area contributed by atoms with Crippen LogP contribution in [0.15, 0.2) is 18.2 Å². The maximum absolute atomic E-state index is 3.60. The number of piperazine rings is 1. The van der Waals surface area contributed by atoms with Crippen molar-refractivity contribution in [2.45, 2.75) is 52.6 Å². The second-order valence-electron chi connectivity index (χ2n) is 6.21. The van der Waals surface area contributed by atoms with Crippen LogP contribution in [-0.2, 0) is 6.42 Å². The smallest absolute Gasteiger partial charge is 0.0387 e. The molecule has 0 aliphatic carbocycles. The Morgan fingerprint density at radius 1 is 1.39 bits per heavy atom. The molecule has 1 heterocycles. The molecule has 0 spiro atoms. The Kier molecular flexibility index (Phi) is 3.67. The normalized spacial score (nSPS) is 23.2. The average molecular weight is 246 g/mol. The fraction of sp³-hybridized carbons (Fsp3) is 0.625. The third-order valence-corrected chi connectivity index (χ3v) is 4.01. The number of nitrogens with zero attached hydrogens (tertiary/aromatic N) is 1. The van der Waals surface area contributed by atoms with Crippen LogP contribution in [-0.4, -0.2) is 24.7 Å². The Labute approximate surface area is 111 Å². The highest BCUT2D eigenvalue weighted by Gasteiger charge is 2.30. The SMILES string of the molecule is CCc1ccc(N2CC(C)(C)NCC2C)cc1C. The van der Waals surface area contributed by atoms with Crippen molar-refractivity contribution in [3.05, 3.63) is 29.3 Å². The van der Waals surface area contributed by atoms with Crippen LogP contribution in [0, 0.1) is 6.92 Å². The molecule has 0 aromatic heterocycles. The highest BCUT2D eigenvalue weighted by atomic mass is 15.2. The largest absolute Gasteiger partial charge is 0.366 e. The van der Waals surface area contributed by atoms with Gasteiger partial charge in [-0.1, -0.05) is 13.0 Å². The molecule has 0 saturated carbocycles. The van der Waals surface area contributed by atoms with Crippen molar-refractivity contribution >= 4 is 5.69 Å². The van der Waals surface area contributed by atoms with E-state index < -0.39 is 0 Å². The van der Waals surface area contributed by atoms with E-state index in [9.17, 15) is 0 Å². The van der Waals surface area contributed by atoms with Crippen LogP contribution in [0.1, 0.15) is 38.8 Å². The molecule has 1 atom stereocenters. The van der Waals surface area contributed by atoms with Gasteiger partial charge in [0.25, 0.3) is 0 Å². The first-order valence-electron chi connectivity index (χ1n) is 7.04. The average Bonchev–Trinajstić information content (AvgIpc) is 2.32. The van der Waals surface area contributed by atoms with Crippen molar-refractivity contribution in [2.24, 2.45) is 0 Å². The zero-order valence-electron chi connectivity index (χ0n) is 12.4. The van der Waals surface area contributed by atoms with Gasteiger partial charge in [-0.25, -0.2) is 0 Å². The maximum atomic E-state index is 3.60. The van der Waals surface area contributed by atoms with Gasteiger partial charge in [0.1, 0.15) is 0 Å². The van der Waals surface area contributed by atoms with Crippen molar-refractivity contribution in [3.8, 4) is 0 Å². The lowest BCUT2D eigenvalue weighted by Gasteiger charge is -2.45. The van der Waals surface area contributed by atoms with E-state index in [2.05, 4.69) is 63.0 Å². The van der Waals surface area contributed by atoms with E-state index in [1.54, 1.807) is 0 Å². The molecule has 1 aliphatic heterocycles. The van der Waals surface area contributed by atoms with Crippen LogP contribution in [0.3, 0.4) is 0 Å². The van der Waals surface area contributed by atoms with Gasteiger partial charge in [-0.2, -0.15) is 0 Å². The van der Waals surface area contributed by atoms with E-state index in [0.717, 1.165) is 19.5 Å². The van der Waals surface area contributed by atoms with E-state index in [0.29, 0.717) is 6.04 Å². The number of hydrogen-bond donors (Lipinski definition) is 1. The summed E-state index contributed by atoms with van der Waals surface area (Å²) in [5.74, 6) is 0. The predicted octanol–water partition coefficient (Wildman–Crippen LogP) is 3.13. The Morgan fingerprint density at radius 2 is 2.11 bits per heavy atom. The first kappa shape index (κ1) is 13.4. The highest BCUT2D eigenvalue weighted by Crippen LogP contribution is 2.25. The molecule has 1 N–H and O–H groups in total. The first-order valence-corrected chi connectivity index (χ1v) is 7.04. The zero-order valence-corrected chi connectivity index (χ0v) is 12.4. The topological polar surface area (TPSA) is 15.3 Å². The van der Waals surface area contributed by atoms with Gasteiger partial charge in [0.15, 0.2) is 0 Å². The van der Waals surface area contributed by atoms with Gasteiger partial charge < -0.3 is 10.2 Å². The molecule has 100 valence electrons. The lowest BCUT2D eigenvalue weighted by Crippen LogP contribution is -2.61. The van der Waals surface area contributed by atoms with Crippen molar-refractivity contribution in [1.82, 2.24) is 5.32 Å². The van der Waals surface area contributed by atoms with Gasteiger partial charge in [0, 0.05) is 30.4 Å². The highest BCUT2D eigenvalue weighted by molar-refractivity contribution is 5.52. The maximum Gasteiger partial charge on any atom is 0.0387 e. The summed E-state index contributed by atoms with van der Waals surface area (Å²) in [6.45, 7) is 13.4. The molecule has 2 heteroatoms. The molecular weight excluding hydrogens is 220 g/mol. The third-order valence-electron chi connectivity index (χ3n) is 4.01. The number of hydrogen-bond acceptors (Lipinski definition) is 2. The number of benzene rings is 1. The molecule has 1 saturated heterocycles. The van der Waals surface area contributed by atoms with Gasteiger partial charge in [0.05, 0.1) is 0 Å². The van der Waals surface area contributed by atoms with Gasteiger partial charge >= 0.3 is 0 Å². The second-order valence-corrected chi connectivity index (χ2v) is 6.21. The molecule has 0 bridgehead atoms. The molecule has 0 radical (unpaired) electrons. The molecule has 1 fully saturated rings. The summed E-state index contributed by atoms with van der Waals surface area (Å²) in [5.41, 5.74) is 4.44. The summed E-state index contributed by atoms with van der Waals surface area (Å²) in [6, 6.07) is 7.47. The monoisotopic (exact) mass is 246 g/mol. The minimum Gasteiger partial charge on any atom is -0.366 e. The molecule has 1 aromatic rings. The van der Waals surface area contributed by atoms with Crippen LogP contribution >= 0.6 is 0 Å². The van der Waals surface area contributed by atoms with Crippen molar-refractivity contribution in [2.75, 3.05) is 18.0 Å². The molecule has 2 rings (SSSR count). The molecule has 1 aromatic carbocycles. The van der Waals surface area contributed by atoms with E-state index >= 15 is 0 Å². The zero-order chi connectivity index (χ0) is 13.3. The van der Waals surface area contributed by atoms with E-state index in [1.165, 1.54) is 16.8 Å². The summed E-state index contributed by atoms with van der Waals surface area (Å²) in [4.78, 5) is 2.53. The van der Waals surface area contributed by atoms with Crippen LogP contribution in [0.5, 0.6) is 0 Å². The lowest BCUT2D eigenvalue weighted by molar-refractivity contribution is 0.318. The number of aryl methyl sites for hydroxylation is 2. The fourth-order valence-corrected chi connectivity index (χ4v) is 2.77. The molecule has 1 unspecified atom stereocenters. The summed E-state index contributed by atoms with van der Waals surface area (Å²) in [7, 11) is 0. The van der Waals surface area contributed by atoms with Crippen molar-refractivity contribution in [1.29, 1.82) is 0 Å². The molecule has 2 nitrogen and oxygen atoms in total. The summed E-state index contributed by atoms with van der Waals surface area (Å²) >= 11 is 0. The van der Waals surface area contributed by atoms with E-state index in [1.807, 2.05) is 0 Å². The second kappa shape index (κ2) is 4.93. The summed E-state index contributed by atoms with van der Waals surface area (Å²) < 4.78 is 0. The minimum atomic E-state index is 0.198. The number of nitrogens with one attached hydrogen (secondary N) is 1. The van der Waals surface area contributed by atoms with Crippen molar-refractivity contribution < 1.29 is 0 Å². The van der Waals surface area contributed by atoms with Gasteiger partial charge in [-0.05, 0) is 57.4 Å². The van der Waals surface area contributed by atoms with Crippen LogP contribution < -0.4 is 10.2 Å². The van der Waals surface area contributed by atoms with Gasteiger partial charge in [-0.3, -0.25) is 0 Å². The van der Waals surface area contributed by atoms with Crippen LogP contribution in [0.2, 0.25) is 0 Å². The van der Waals surface area contributed by atoms with E-state index in [-0.39, 0.29) is 5.54 Å². The van der Waals surface area contributed by atoms with Gasteiger partial charge in [0.2, 0.25) is 0 Å². The predicted molar refractivity (Wildman–Crippen MR) is 79.4 cm³/mol. The number of anilines is 1. The molecular formula is C16H26N2. The standard InChI is InChI=1S/C16H26N2/c1-6-14-7-8-15(9-12(14)2)18-11-16(4,5)17-10-13(18)3/h7-9,13,17H,6,10-11H2,1-5H3. The molecule has 0 amide bonds. The summed E-state index contributed by atoms with van der Waals surface area (Å²) in [5, 5.41) is 3.60. The molecule has 18 heavy (non-hydrogen) atoms. The number of rotatable bonds is 2. The fourth-order valence-electron chi connectivity index (χ4n) is 2.77. The quantitative estimate of drug-likeness (QED) is 0.862. The summed E-state index contributed by atoms with van der Waals surface area (Å²) in [6.07, 6.45) is 1.12. The third kappa shape index (κ3) is 2.69. The van der Waals surface area contributed by atoms with Crippen LogP contribution in [0.25, 0.3) is 0 Å². The van der Waals surface area contributed by atoms with Crippen LogP contribution in [0.4, 0.5) is 5.69 Å². The Balaban J connectivity index is 2.26. The Hall–Kier alpha value is -1.02. The minimum absolute atomic E-state index is 0.198. The van der Waals surface area contributed by atoms with E-state index in [4.69, 9.17) is 0 Å². The van der Waals surface area contributed by atoms with Crippen molar-refractivity contribution in [3.63, 3.8) is 0 Å². The Morgan fingerprint density at radius 3 is 2.72 bits per heavy atom. The van der Waals surface area contributed by atoms with Gasteiger partial charge in [-0.15, -0.1) is 0 Å². The lowest BCUT2D eigenvalue weighted by atomic mass is 9.97. The Bertz CT molecular complexity index is 423.